The van der Waals surface area contributed by atoms with Crippen molar-refractivity contribution < 1.29 is 22.7 Å². The summed E-state index contributed by atoms with van der Waals surface area (Å²) in [6.45, 7) is 1.38. The number of rotatable bonds is 9. The number of sulfonamides is 1. The fourth-order valence-electron chi connectivity index (χ4n) is 2.77. The van der Waals surface area contributed by atoms with Crippen molar-refractivity contribution in [2.45, 2.75) is 50.0 Å². The number of halogens is 1. The van der Waals surface area contributed by atoms with Crippen LogP contribution in [-0.2, 0) is 24.3 Å². The van der Waals surface area contributed by atoms with Crippen molar-refractivity contribution in [3.8, 4) is 0 Å². The molecule has 154 valence electrons. The van der Waals surface area contributed by atoms with Crippen LogP contribution >= 0.6 is 11.6 Å². The molecule has 0 aromatic heterocycles. The van der Waals surface area contributed by atoms with Gasteiger partial charge in [-0.2, -0.15) is 4.72 Å². The van der Waals surface area contributed by atoms with E-state index in [1.165, 1.54) is 49.6 Å². The van der Waals surface area contributed by atoms with Gasteiger partial charge in [0.2, 0.25) is 10.0 Å². The Balaban J connectivity index is 1.73. The van der Waals surface area contributed by atoms with E-state index in [-0.39, 0.29) is 4.90 Å². The molecule has 0 saturated carbocycles. The number of nitrogens with one attached hydrogen (secondary N) is 2. The van der Waals surface area contributed by atoms with Gasteiger partial charge in [0.25, 0.3) is 5.91 Å². The summed E-state index contributed by atoms with van der Waals surface area (Å²) in [4.78, 5) is 23.7. The molecule has 0 saturated heterocycles. The van der Waals surface area contributed by atoms with Gasteiger partial charge in [-0.05, 0) is 63.3 Å². The first kappa shape index (κ1) is 22.4. The van der Waals surface area contributed by atoms with E-state index in [1.54, 1.807) is 0 Å². The number of esters is 1. The van der Waals surface area contributed by atoms with Crippen LogP contribution in [0.15, 0.2) is 40.8 Å². The second kappa shape index (κ2) is 10.6. The minimum atomic E-state index is -3.90. The maximum absolute atomic E-state index is 12.2. The lowest BCUT2D eigenvalue weighted by Crippen LogP contribution is -2.41. The van der Waals surface area contributed by atoms with E-state index in [0.29, 0.717) is 11.6 Å². The van der Waals surface area contributed by atoms with Crippen LogP contribution < -0.4 is 10.0 Å². The Morgan fingerprint density at radius 3 is 2.57 bits per heavy atom. The highest BCUT2D eigenvalue weighted by atomic mass is 35.5. The third-order valence-corrected chi connectivity index (χ3v) is 6.12. The van der Waals surface area contributed by atoms with Gasteiger partial charge in [-0.1, -0.05) is 23.3 Å². The van der Waals surface area contributed by atoms with Gasteiger partial charge >= 0.3 is 5.97 Å². The largest absolute Gasteiger partial charge is 0.454 e. The lowest BCUT2D eigenvalue weighted by atomic mass is 9.97. The normalized spacial score (nSPS) is 15.4. The van der Waals surface area contributed by atoms with Crippen molar-refractivity contribution in [3.63, 3.8) is 0 Å². The molecule has 0 heterocycles. The van der Waals surface area contributed by atoms with Crippen LogP contribution in [0.25, 0.3) is 0 Å². The molecule has 1 atom stereocenters. The van der Waals surface area contributed by atoms with Crippen molar-refractivity contribution in [3.05, 3.63) is 40.9 Å². The number of carbonyl (C=O) groups is 2. The summed E-state index contributed by atoms with van der Waals surface area (Å²) in [5.41, 5.74) is 1.34. The van der Waals surface area contributed by atoms with Crippen LogP contribution in [0.5, 0.6) is 0 Å². The smallest absolute Gasteiger partial charge is 0.324 e. The van der Waals surface area contributed by atoms with E-state index >= 15 is 0 Å². The molecule has 7 nitrogen and oxygen atoms in total. The molecule has 0 fully saturated rings. The van der Waals surface area contributed by atoms with Gasteiger partial charge in [0.15, 0.2) is 6.61 Å². The second-order valence-corrected chi connectivity index (χ2v) is 8.76. The third-order valence-electron chi connectivity index (χ3n) is 4.31. The van der Waals surface area contributed by atoms with Crippen molar-refractivity contribution >= 4 is 33.5 Å². The van der Waals surface area contributed by atoms with Gasteiger partial charge in [0, 0.05) is 11.6 Å². The second-order valence-electron chi connectivity index (χ2n) is 6.61. The molecule has 2 N–H and O–H groups in total. The molecule has 0 bridgehead atoms. The third kappa shape index (κ3) is 7.26. The predicted octanol–water partition coefficient (Wildman–Crippen LogP) is 2.56. The maximum Gasteiger partial charge on any atom is 0.324 e. The molecule has 2 rings (SSSR count). The molecule has 1 aromatic carbocycles. The van der Waals surface area contributed by atoms with Gasteiger partial charge < -0.3 is 10.1 Å². The Bertz CT molecular complexity index is 821. The Labute approximate surface area is 170 Å². The van der Waals surface area contributed by atoms with E-state index in [4.69, 9.17) is 16.3 Å². The number of benzene rings is 1. The highest BCUT2D eigenvalue weighted by molar-refractivity contribution is 7.89. The molecule has 1 aromatic rings. The summed E-state index contributed by atoms with van der Waals surface area (Å²) in [6.07, 6.45) is 7.55. The average Bonchev–Trinajstić information content (AvgIpc) is 2.67. The molecule has 9 heteroatoms. The van der Waals surface area contributed by atoms with Gasteiger partial charge in [-0.25, -0.2) is 8.42 Å². The van der Waals surface area contributed by atoms with Crippen molar-refractivity contribution in [2.24, 2.45) is 0 Å². The first-order chi connectivity index (χ1) is 13.3. The minimum Gasteiger partial charge on any atom is -0.454 e. The molecule has 0 radical (unpaired) electrons. The number of hydrogen-bond donors (Lipinski definition) is 2. The number of allylic oxidation sites excluding steroid dienone is 1. The first-order valence-corrected chi connectivity index (χ1v) is 11.0. The summed E-state index contributed by atoms with van der Waals surface area (Å²) < 4.78 is 31.6. The Morgan fingerprint density at radius 1 is 1.21 bits per heavy atom. The molecular weight excluding hydrogens is 404 g/mol. The zero-order valence-corrected chi connectivity index (χ0v) is 17.3. The zero-order chi connectivity index (χ0) is 20.6. The number of hydrogen-bond acceptors (Lipinski definition) is 5. The van der Waals surface area contributed by atoms with Gasteiger partial charge in [-0.3, -0.25) is 9.59 Å². The van der Waals surface area contributed by atoms with Crippen LogP contribution in [0, 0.1) is 0 Å². The van der Waals surface area contributed by atoms with E-state index < -0.39 is 34.5 Å². The van der Waals surface area contributed by atoms with E-state index in [1.807, 2.05) is 0 Å². The van der Waals surface area contributed by atoms with E-state index in [2.05, 4.69) is 16.1 Å². The fraction of sp³-hybridized carbons (Fsp3) is 0.474. The number of amides is 1. The molecular formula is C19H25ClN2O5S. The predicted molar refractivity (Wildman–Crippen MR) is 106 cm³/mol. The highest BCUT2D eigenvalue weighted by Gasteiger charge is 2.23. The number of ether oxygens (including phenoxy) is 1. The van der Waals surface area contributed by atoms with Crippen LogP contribution in [0.2, 0.25) is 5.02 Å². The summed E-state index contributed by atoms with van der Waals surface area (Å²) in [5, 5.41) is 3.10. The van der Waals surface area contributed by atoms with Crippen LogP contribution in [-0.4, -0.2) is 39.5 Å². The first-order valence-electron chi connectivity index (χ1n) is 9.17. The summed E-state index contributed by atoms with van der Waals surface area (Å²) in [6, 6.07) is 4.40. The van der Waals surface area contributed by atoms with E-state index in [9.17, 15) is 18.0 Å². The maximum atomic E-state index is 12.2. The molecule has 1 aliphatic rings. The van der Waals surface area contributed by atoms with Gasteiger partial charge in [0.1, 0.15) is 6.04 Å². The van der Waals surface area contributed by atoms with E-state index in [0.717, 1.165) is 19.3 Å². The standard InChI is InChI=1S/C19H25ClN2O5S/c1-14(22-28(25,26)17-9-7-16(20)8-10-17)19(24)27-13-18(23)21-12-11-15-5-3-2-4-6-15/h5,7-10,14,22H,2-4,6,11-13H2,1H3,(H,21,23)/t14-/m0/s1. The Morgan fingerprint density at radius 2 is 1.93 bits per heavy atom. The highest BCUT2D eigenvalue weighted by Crippen LogP contribution is 2.19. The van der Waals surface area contributed by atoms with Crippen molar-refractivity contribution in [1.82, 2.24) is 10.0 Å². The Kier molecular flexibility index (Phi) is 8.47. The lowest BCUT2D eigenvalue weighted by Gasteiger charge is -2.14. The molecule has 1 amide bonds. The van der Waals surface area contributed by atoms with Crippen LogP contribution in [0.3, 0.4) is 0 Å². The topological polar surface area (TPSA) is 102 Å². The van der Waals surface area contributed by atoms with Gasteiger partial charge in [0.05, 0.1) is 4.90 Å². The Hall–Kier alpha value is -1.90. The summed E-state index contributed by atoms with van der Waals surface area (Å²) in [5.74, 6) is -1.25. The monoisotopic (exact) mass is 428 g/mol. The fourth-order valence-corrected chi connectivity index (χ4v) is 4.09. The molecule has 0 unspecified atom stereocenters. The molecule has 0 aliphatic heterocycles. The molecule has 28 heavy (non-hydrogen) atoms. The van der Waals surface area contributed by atoms with Gasteiger partial charge in [-0.15, -0.1) is 0 Å². The van der Waals surface area contributed by atoms with Crippen molar-refractivity contribution in [1.29, 1.82) is 0 Å². The van der Waals surface area contributed by atoms with Crippen LogP contribution in [0.4, 0.5) is 0 Å². The van der Waals surface area contributed by atoms with Crippen molar-refractivity contribution in [2.75, 3.05) is 13.2 Å². The summed E-state index contributed by atoms with van der Waals surface area (Å²) >= 11 is 5.74. The zero-order valence-electron chi connectivity index (χ0n) is 15.7. The van der Waals surface area contributed by atoms with Crippen LogP contribution in [0.1, 0.15) is 39.0 Å². The molecule has 0 spiro atoms. The molecule has 1 aliphatic carbocycles. The minimum absolute atomic E-state index is 0.0219. The average molecular weight is 429 g/mol. The summed E-state index contributed by atoms with van der Waals surface area (Å²) in [7, 11) is -3.90. The lowest BCUT2D eigenvalue weighted by molar-refractivity contribution is -0.149. The SMILES string of the molecule is C[C@H](NS(=O)(=O)c1ccc(Cl)cc1)C(=O)OCC(=O)NCCC1=CCCCC1. The number of carbonyl (C=O) groups excluding carboxylic acids is 2. The quantitative estimate of drug-likeness (QED) is 0.465.